The molecule has 2 N–H and O–H groups in total. The lowest BCUT2D eigenvalue weighted by atomic mass is 9.92. The molecule has 0 saturated heterocycles. The number of hydrogen-bond donors (Lipinski definition) is 2. The molecule has 6 nitrogen and oxygen atoms in total. The predicted molar refractivity (Wildman–Crippen MR) is 129 cm³/mol. The molecule has 0 aliphatic carbocycles. The number of fused-ring (bicyclic) bond motifs is 1. The molecule has 38 heavy (non-hydrogen) atoms. The number of aliphatic hydroxyl groups is 1. The van der Waals surface area contributed by atoms with Crippen LogP contribution < -0.4 is 0 Å². The second kappa shape index (κ2) is 10.7. The number of hydrogen-bond acceptors (Lipinski definition) is 4. The Morgan fingerprint density at radius 2 is 1.47 bits per heavy atom. The number of aryl methyl sites for hydroxylation is 1. The first-order chi connectivity index (χ1) is 18.0. The van der Waals surface area contributed by atoms with Crippen molar-refractivity contribution in [2.24, 2.45) is 5.92 Å². The van der Waals surface area contributed by atoms with Gasteiger partial charge in [-0.25, -0.2) is 4.39 Å². The van der Waals surface area contributed by atoms with Crippen LogP contribution in [0.25, 0.3) is 11.1 Å². The van der Waals surface area contributed by atoms with Gasteiger partial charge in [-0.1, -0.05) is 30.3 Å². The highest BCUT2D eigenvalue weighted by Crippen LogP contribution is 2.32. The van der Waals surface area contributed by atoms with E-state index in [1.165, 1.54) is 36.4 Å². The molecule has 1 aliphatic rings. The fourth-order valence-corrected chi connectivity index (χ4v) is 4.49. The maximum absolute atomic E-state index is 14.4. The molecule has 1 aliphatic heterocycles. The first-order valence-electron chi connectivity index (χ1n) is 11.8. The Balaban J connectivity index is 1.41. The minimum atomic E-state index is -4.52. The van der Waals surface area contributed by atoms with E-state index in [1.54, 1.807) is 12.1 Å². The van der Waals surface area contributed by atoms with Crippen molar-refractivity contribution in [2.75, 3.05) is 6.54 Å². The number of benzene rings is 3. The molecule has 4 rings (SSSR count). The Hall–Kier alpha value is -4.05. The Bertz CT molecular complexity index is 1340. The Labute approximate surface area is 215 Å². The van der Waals surface area contributed by atoms with Crippen LogP contribution in [0.2, 0.25) is 0 Å². The molecule has 3 aromatic rings. The molecule has 0 spiro atoms. The van der Waals surface area contributed by atoms with Gasteiger partial charge in [0.2, 0.25) is 0 Å². The van der Waals surface area contributed by atoms with Gasteiger partial charge in [0, 0.05) is 12.1 Å². The molecular weight excluding hydrogens is 506 g/mol. The average Bonchev–Trinajstić information content (AvgIpc) is 3.12. The summed E-state index contributed by atoms with van der Waals surface area (Å²) < 4.78 is 52.9. The molecule has 0 bridgehead atoms. The number of carboxylic acid groups (broad SMARTS) is 1. The molecule has 0 unspecified atom stereocenters. The van der Waals surface area contributed by atoms with Gasteiger partial charge < -0.3 is 10.2 Å². The minimum absolute atomic E-state index is 0.0167. The van der Waals surface area contributed by atoms with Crippen molar-refractivity contribution in [3.05, 3.63) is 94.8 Å². The van der Waals surface area contributed by atoms with Crippen molar-refractivity contribution in [3.8, 4) is 11.1 Å². The summed E-state index contributed by atoms with van der Waals surface area (Å²) in [5.41, 5.74) is 0.482. The van der Waals surface area contributed by atoms with Gasteiger partial charge in [-0.05, 0) is 66.8 Å². The van der Waals surface area contributed by atoms with E-state index in [0.29, 0.717) is 5.56 Å². The third-order valence-electron chi connectivity index (χ3n) is 6.61. The third kappa shape index (κ3) is 5.60. The summed E-state index contributed by atoms with van der Waals surface area (Å²) in [5.74, 6) is -4.25. The van der Waals surface area contributed by atoms with E-state index < -0.39 is 47.4 Å². The highest BCUT2D eigenvalue weighted by atomic mass is 19.4. The van der Waals surface area contributed by atoms with E-state index in [0.717, 1.165) is 23.1 Å². The number of aliphatic hydroxyl groups excluding tert-OH is 1. The van der Waals surface area contributed by atoms with E-state index in [4.69, 9.17) is 0 Å². The van der Waals surface area contributed by atoms with E-state index >= 15 is 0 Å². The number of halogens is 4. The quantitative estimate of drug-likeness (QED) is 0.294. The largest absolute Gasteiger partial charge is 0.481 e. The van der Waals surface area contributed by atoms with Crippen LogP contribution in [0.3, 0.4) is 0 Å². The third-order valence-corrected chi connectivity index (χ3v) is 6.61. The number of carbonyl (C=O) groups is 3. The summed E-state index contributed by atoms with van der Waals surface area (Å²) in [6.07, 6.45) is -5.87. The number of nitrogens with zero attached hydrogens (tertiary/aromatic N) is 1. The summed E-state index contributed by atoms with van der Waals surface area (Å²) in [4.78, 5) is 37.9. The monoisotopic (exact) mass is 529 g/mol. The van der Waals surface area contributed by atoms with Crippen molar-refractivity contribution in [1.29, 1.82) is 0 Å². The van der Waals surface area contributed by atoms with E-state index in [9.17, 15) is 42.2 Å². The SMILES string of the molecule is O=C(O)[C@@H](CCN1C(=O)c2ccccc2C1=O)[C@H](O)CCc1ccc(F)c(-c2ccc(C(F)(F)F)cc2)c1. The average molecular weight is 529 g/mol. The van der Waals surface area contributed by atoms with Crippen LogP contribution in [0.5, 0.6) is 0 Å². The molecule has 0 fully saturated rings. The van der Waals surface area contributed by atoms with Crippen LogP contribution in [0.1, 0.15) is 44.7 Å². The fourth-order valence-electron chi connectivity index (χ4n) is 4.49. The molecule has 1 heterocycles. The summed E-state index contributed by atoms with van der Waals surface area (Å²) in [7, 11) is 0. The summed E-state index contributed by atoms with van der Waals surface area (Å²) >= 11 is 0. The van der Waals surface area contributed by atoms with Crippen LogP contribution in [0.15, 0.2) is 66.7 Å². The minimum Gasteiger partial charge on any atom is -0.481 e. The zero-order chi connectivity index (χ0) is 27.6. The van der Waals surface area contributed by atoms with Crippen molar-refractivity contribution < 1.29 is 42.2 Å². The van der Waals surface area contributed by atoms with Gasteiger partial charge in [0.1, 0.15) is 5.82 Å². The van der Waals surface area contributed by atoms with Crippen LogP contribution in [0.4, 0.5) is 17.6 Å². The summed E-state index contributed by atoms with van der Waals surface area (Å²) in [6, 6.07) is 14.4. The van der Waals surface area contributed by atoms with Gasteiger partial charge in [-0.2, -0.15) is 13.2 Å². The number of rotatable bonds is 9. The molecule has 0 aromatic heterocycles. The molecule has 198 valence electrons. The second-order valence-corrected chi connectivity index (χ2v) is 9.04. The number of carboxylic acids is 1. The fraction of sp³-hybridized carbons (Fsp3) is 0.250. The number of aliphatic carboxylic acids is 1. The van der Waals surface area contributed by atoms with E-state index in [1.807, 2.05) is 0 Å². The smallest absolute Gasteiger partial charge is 0.416 e. The van der Waals surface area contributed by atoms with Crippen LogP contribution in [-0.4, -0.2) is 45.5 Å². The molecule has 3 aromatic carbocycles. The number of amides is 2. The zero-order valence-corrected chi connectivity index (χ0v) is 19.9. The van der Waals surface area contributed by atoms with Crippen LogP contribution in [0, 0.1) is 11.7 Å². The Kier molecular flexibility index (Phi) is 7.63. The lowest BCUT2D eigenvalue weighted by Crippen LogP contribution is -2.36. The van der Waals surface area contributed by atoms with Crippen molar-refractivity contribution in [3.63, 3.8) is 0 Å². The first kappa shape index (κ1) is 27.0. The topological polar surface area (TPSA) is 94.9 Å². The summed E-state index contributed by atoms with van der Waals surface area (Å²) in [5, 5.41) is 20.3. The van der Waals surface area contributed by atoms with Gasteiger partial charge in [0.15, 0.2) is 0 Å². The van der Waals surface area contributed by atoms with Crippen molar-refractivity contribution in [2.45, 2.75) is 31.5 Å². The van der Waals surface area contributed by atoms with Gasteiger partial charge in [-0.3, -0.25) is 19.3 Å². The lowest BCUT2D eigenvalue weighted by Gasteiger charge is -2.22. The number of carbonyl (C=O) groups excluding carboxylic acids is 2. The lowest BCUT2D eigenvalue weighted by molar-refractivity contribution is -0.146. The highest BCUT2D eigenvalue weighted by molar-refractivity contribution is 6.21. The molecule has 0 radical (unpaired) electrons. The molecule has 0 saturated carbocycles. The number of imide groups is 1. The Morgan fingerprint density at radius 1 is 0.868 bits per heavy atom. The van der Waals surface area contributed by atoms with E-state index in [-0.39, 0.29) is 48.1 Å². The summed E-state index contributed by atoms with van der Waals surface area (Å²) in [6.45, 7) is -0.186. The number of alkyl halides is 3. The first-order valence-corrected chi connectivity index (χ1v) is 11.8. The molecule has 2 atom stereocenters. The van der Waals surface area contributed by atoms with Crippen LogP contribution in [-0.2, 0) is 17.4 Å². The zero-order valence-electron chi connectivity index (χ0n) is 19.9. The predicted octanol–water partition coefficient (Wildman–Crippen LogP) is 5.19. The van der Waals surface area contributed by atoms with Crippen LogP contribution >= 0.6 is 0 Å². The van der Waals surface area contributed by atoms with Gasteiger partial charge in [0.05, 0.1) is 28.7 Å². The molecule has 10 heteroatoms. The highest BCUT2D eigenvalue weighted by Gasteiger charge is 2.36. The molecular formula is C28H23F4NO5. The van der Waals surface area contributed by atoms with E-state index in [2.05, 4.69) is 0 Å². The van der Waals surface area contributed by atoms with Crippen molar-refractivity contribution in [1.82, 2.24) is 4.90 Å². The van der Waals surface area contributed by atoms with Gasteiger partial charge in [-0.15, -0.1) is 0 Å². The Morgan fingerprint density at radius 3 is 2.03 bits per heavy atom. The second-order valence-electron chi connectivity index (χ2n) is 9.04. The van der Waals surface area contributed by atoms with Gasteiger partial charge >= 0.3 is 12.1 Å². The van der Waals surface area contributed by atoms with Gasteiger partial charge in [0.25, 0.3) is 11.8 Å². The maximum atomic E-state index is 14.4. The molecule has 2 amide bonds. The normalized spacial score (nSPS) is 14.9. The van der Waals surface area contributed by atoms with Crippen molar-refractivity contribution >= 4 is 17.8 Å². The maximum Gasteiger partial charge on any atom is 0.416 e. The standard InChI is InChI=1S/C28H23F4NO5/c29-23-11-5-16(15-22(23)17-7-9-18(10-8-17)28(30,31)32)6-12-24(34)21(27(37)38)13-14-33-25(35)19-3-1-2-4-20(19)26(33)36/h1-5,7-11,15,21,24,34H,6,12-14H2,(H,37,38)/t21-,24+/m0/s1.